The van der Waals surface area contributed by atoms with E-state index in [0.29, 0.717) is 13.0 Å². The van der Waals surface area contributed by atoms with E-state index in [1.807, 2.05) is 64.0 Å². The number of aryl methyl sites for hydroxylation is 1. The second kappa shape index (κ2) is 11.3. The van der Waals surface area contributed by atoms with Crippen molar-refractivity contribution in [3.8, 4) is 0 Å². The molecule has 31 heavy (non-hydrogen) atoms. The molecule has 2 atom stereocenters. The molecule has 0 saturated heterocycles. The highest BCUT2D eigenvalue weighted by atomic mass is 16.6. The summed E-state index contributed by atoms with van der Waals surface area (Å²) < 4.78 is 5.35. The smallest absolute Gasteiger partial charge is 0.326 e. The number of ether oxygens (including phenoxy) is 1. The van der Waals surface area contributed by atoms with Gasteiger partial charge in [0.25, 0.3) is 0 Å². The zero-order valence-electron chi connectivity index (χ0n) is 20.6. The number of rotatable bonds is 9. The molecule has 7 heteroatoms. The lowest BCUT2D eigenvalue weighted by Gasteiger charge is -2.35. The van der Waals surface area contributed by atoms with E-state index in [4.69, 9.17) is 4.74 Å². The molecule has 1 aromatic carbocycles. The minimum Gasteiger partial charge on any atom is -0.459 e. The Labute approximate surface area is 187 Å². The van der Waals surface area contributed by atoms with E-state index >= 15 is 0 Å². The largest absolute Gasteiger partial charge is 0.459 e. The van der Waals surface area contributed by atoms with Crippen LogP contribution in [0.4, 0.5) is 0 Å². The molecule has 0 aliphatic rings. The number of carbonyl (C=O) groups is 3. The molecule has 0 fully saturated rings. The van der Waals surface area contributed by atoms with Gasteiger partial charge in [-0.3, -0.25) is 19.3 Å². The van der Waals surface area contributed by atoms with Gasteiger partial charge in [-0.25, -0.2) is 0 Å². The monoisotopic (exact) mass is 433 g/mol. The minimum atomic E-state index is -0.713. The molecule has 0 aliphatic heterocycles. The van der Waals surface area contributed by atoms with Gasteiger partial charge in [0, 0.05) is 20.0 Å². The Balaban J connectivity index is 3.17. The standard InChI is InChI=1S/C24H39N3O4/c1-10-27(22(29)18(3)25(7)8)20(15-19-13-11-17(2)12-14-19)23(30)26(9)16-21(28)31-24(4,5)6/h11-14,18,20H,10,15-16H2,1-9H3/t18-,20-/m0/s1. The summed E-state index contributed by atoms with van der Waals surface area (Å²) in [6, 6.07) is 6.83. The van der Waals surface area contributed by atoms with Gasteiger partial charge in [0.2, 0.25) is 11.8 Å². The molecule has 0 heterocycles. The highest BCUT2D eigenvalue weighted by molar-refractivity contribution is 5.91. The van der Waals surface area contributed by atoms with Crippen molar-refractivity contribution < 1.29 is 19.1 Å². The predicted octanol–water partition coefficient (Wildman–Crippen LogP) is 2.50. The molecule has 0 unspecified atom stereocenters. The zero-order chi connectivity index (χ0) is 23.9. The highest BCUT2D eigenvalue weighted by Crippen LogP contribution is 2.16. The van der Waals surface area contributed by atoms with Gasteiger partial charge in [0.15, 0.2) is 0 Å². The van der Waals surface area contributed by atoms with Gasteiger partial charge in [-0.05, 0) is 61.2 Å². The second-order valence-corrected chi connectivity index (χ2v) is 9.25. The van der Waals surface area contributed by atoms with Crippen LogP contribution in [0.15, 0.2) is 24.3 Å². The van der Waals surface area contributed by atoms with Crippen LogP contribution in [0.25, 0.3) is 0 Å². The lowest BCUT2D eigenvalue weighted by atomic mass is 10.0. The van der Waals surface area contributed by atoms with Crippen LogP contribution >= 0.6 is 0 Å². The van der Waals surface area contributed by atoms with Crippen LogP contribution < -0.4 is 0 Å². The van der Waals surface area contributed by atoms with Crippen molar-refractivity contribution in [2.75, 3.05) is 34.2 Å². The molecule has 0 aliphatic carbocycles. The fourth-order valence-corrected chi connectivity index (χ4v) is 3.17. The van der Waals surface area contributed by atoms with Crippen LogP contribution in [0.2, 0.25) is 0 Å². The molecular weight excluding hydrogens is 394 g/mol. The molecular formula is C24H39N3O4. The number of hydrogen-bond acceptors (Lipinski definition) is 5. The Hall–Kier alpha value is -2.41. The average molecular weight is 434 g/mol. The van der Waals surface area contributed by atoms with Gasteiger partial charge in [0.05, 0.1) is 6.04 Å². The van der Waals surface area contributed by atoms with Crippen molar-refractivity contribution in [1.29, 1.82) is 0 Å². The van der Waals surface area contributed by atoms with Gasteiger partial charge in [-0.15, -0.1) is 0 Å². The topological polar surface area (TPSA) is 70.2 Å². The third-order valence-electron chi connectivity index (χ3n) is 5.13. The Bertz CT molecular complexity index is 753. The highest BCUT2D eigenvalue weighted by Gasteiger charge is 2.34. The molecule has 0 aromatic heterocycles. The van der Waals surface area contributed by atoms with Crippen LogP contribution in [0, 0.1) is 6.92 Å². The molecule has 1 rings (SSSR count). The molecule has 2 amide bonds. The molecule has 0 radical (unpaired) electrons. The fraction of sp³-hybridized carbons (Fsp3) is 0.625. The Morgan fingerprint density at radius 1 is 1.00 bits per heavy atom. The first kappa shape index (κ1) is 26.6. The van der Waals surface area contributed by atoms with Crippen LogP contribution in [0.5, 0.6) is 0 Å². The lowest BCUT2D eigenvalue weighted by Crippen LogP contribution is -2.55. The van der Waals surface area contributed by atoms with E-state index < -0.39 is 17.6 Å². The molecule has 1 aromatic rings. The summed E-state index contributed by atoms with van der Waals surface area (Å²) in [6.45, 7) is 11.3. The maximum absolute atomic E-state index is 13.4. The number of carbonyl (C=O) groups excluding carboxylic acids is 3. The Morgan fingerprint density at radius 2 is 1.55 bits per heavy atom. The first-order valence-electron chi connectivity index (χ1n) is 10.8. The van der Waals surface area contributed by atoms with Crippen LogP contribution in [0.3, 0.4) is 0 Å². The third-order valence-corrected chi connectivity index (χ3v) is 5.13. The zero-order valence-corrected chi connectivity index (χ0v) is 20.6. The van der Waals surface area contributed by atoms with Crippen LogP contribution in [-0.4, -0.2) is 84.4 Å². The van der Waals surface area contributed by atoms with Crippen LogP contribution in [0.1, 0.15) is 45.7 Å². The van der Waals surface area contributed by atoms with E-state index in [2.05, 4.69) is 0 Å². The van der Waals surface area contributed by atoms with Crippen molar-refractivity contribution in [3.05, 3.63) is 35.4 Å². The first-order chi connectivity index (χ1) is 14.3. The summed E-state index contributed by atoms with van der Waals surface area (Å²) in [5.41, 5.74) is 1.45. The second-order valence-electron chi connectivity index (χ2n) is 9.25. The van der Waals surface area contributed by atoms with Crippen LogP contribution in [-0.2, 0) is 25.5 Å². The minimum absolute atomic E-state index is 0.122. The number of hydrogen-bond donors (Lipinski definition) is 0. The molecule has 0 spiro atoms. The van der Waals surface area contributed by atoms with Crippen molar-refractivity contribution in [3.63, 3.8) is 0 Å². The quantitative estimate of drug-likeness (QED) is 0.560. The van der Waals surface area contributed by atoms with E-state index in [1.54, 1.807) is 32.7 Å². The van der Waals surface area contributed by atoms with Gasteiger partial charge in [-0.1, -0.05) is 29.8 Å². The number of likely N-dealkylation sites (N-methyl/N-ethyl adjacent to an activating group) is 3. The number of esters is 1. The summed E-state index contributed by atoms with van der Waals surface area (Å²) >= 11 is 0. The van der Waals surface area contributed by atoms with E-state index in [1.165, 1.54) is 4.90 Å². The summed E-state index contributed by atoms with van der Waals surface area (Å²) in [5, 5.41) is 0. The van der Waals surface area contributed by atoms with E-state index in [9.17, 15) is 14.4 Å². The average Bonchev–Trinajstić information content (AvgIpc) is 2.66. The lowest BCUT2D eigenvalue weighted by molar-refractivity contribution is -0.159. The maximum Gasteiger partial charge on any atom is 0.326 e. The first-order valence-corrected chi connectivity index (χ1v) is 10.8. The van der Waals surface area contributed by atoms with Crippen molar-refractivity contribution in [2.24, 2.45) is 0 Å². The fourth-order valence-electron chi connectivity index (χ4n) is 3.17. The number of amides is 2. The Kier molecular flexibility index (Phi) is 9.69. The van der Waals surface area contributed by atoms with Crippen molar-refractivity contribution >= 4 is 17.8 Å². The summed E-state index contributed by atoms with van der Waals surface area (Å²) in [5.74, 6) is -0.885. The normalized spacial score (nSPS) is 13.5. The van der Waals surface area contributed by atoms with Crippen molar-refractivity contribution in [1.82, 2.24) is 14.7 Å². The maximum atomic E-state index is 13.4. The van der Waals surface area contributed by atoms with Gasteiger partial charge < -0.3 is 14.5 Å². The van der Waals surface area contributed by atoms with E-state index in [0.717, 1.165) is 11.1 Å². The van der Waals surface area contributed by atoms with E-state index in [-0.39, 0.29) is 24.4 Å². The predicted molar refractivity (Wildman–Crippen MR) is 123 cm³/mol. The summed E-state index contributed by atoms with van der Waals surface area (Å²) in [6.07, 6.45) is 0.373. The van der Waals surface area contributed by atoms with Crippen molar-refractivity contribution in [2.45, 2.75) is 65.6 Å². The molecule has 174 valence electrons. The molecule has 0 bridgehead atoms. The van der Waals surface area contributed by atoms with Gasteiger partial charge >= 0.3 is 5.97 Å². The summed E-state index contributed by atoms with van der Waals surface area (Å²) in [7, 11) is 5.24. The third kappa shape index (κ3) is 8.32. The molecule has 0 N–H and O–H groups in total. The number of benzene rings is 1. The SMILES string of the molecule is CCN(C(=O)[C@H](C)N(C)C)[C@@H](Cc1ccc(C)cc1)C(=O)N(C)CC(=O)OC(C)(C)C. The van der Waals surface area contributed by atoms with Gasteiger partial charge in [-0.2, -0.15) is 0 Å². The van der Waals surface area contributed by atoms with Gasteiger partial charge in [0.1, 0.15) is 18.2 Å². The Morgan fingerprint density at radius 3 is 2.00 bits per heavy atom. The summed E-state index contributed by atoms with van der Waals surface area (Å²) in [4.78, 5) is 43.6. The number of nitrogens with zero attached hydrogens (tertiary/aromatic N) is 3. The molecule has 0 saturated carbocycles. The molecule has 7 nitrogen and oxygen atoms in total.